The van der Waals surface area contributed by atoms with Gasteiger partial charge in [0, 0.05) is 19.3 Å². The van der Waals surface area contributed by atoms with Crippen LogP contribution in [0.1, 0.15) is 82.3 Å². The van der Waals surface area contributed by atoms with E-state index in [2.05, 4.69) is 13.2 Å². The number of ether oxygens (including phenoxy) is 1. The van der Waals surface area contributed by atoms with E-state index in [1.807, 2.05) is 32.9 Å². The summed E-state index contributed by atoms with van der Waals surface area (Å²) in [5.41, 5.74) is 4.94. The van der Waals surface area contributed by atoms with Crippen LogP contribution >= 0.6 is 0 Å². The van der Waals surface area contributed by atoms with Gasteiger partial charge in [0.2, 0.25) is 0 Å². The number of hydrogen-bond acceptors (Lipinski definition) is 4. The summed E-state index contributed by atoms with van der Waals surface area (Å²) >= 11 is 0. The van der Waals surface area contributed by atoms with Crippen molar-refractivity contribution in [1.82, 2.24) is 15.0 Å². The average molecular weight is 632 g/mol. The monoisotopic (exact) mass is 632 g/mol. The molecular weight excluding hydrogens is 600 g/mol. The summed E-state index contributed by atoms with van der Waals surface area (Å²) in [6.07, 6.45) is 11.2. The summed E-state index contributed by atoms with van der Waals surface area (Å²) in [5.74, 6) is -1.36. The summed E-state index contributed by atoms with van der Waals surface area (Å²) in [5, 5.41) is 27.8. The average Bonchev–Trinajstić information content (AvgIpc) is 3.69. The number of carbonyl (C=O) groups excluding carboxylic acids is 1. The number of carboxylic acids is 1. The molecule has 0 unspecified atom stereocenters. The Hall–Kier alpha value is -4.24. The van der Waals surface area contributed by atoms with E-state index in [9.17, 15) is 19.8 Å². The maximum absolute atomic E-state index is 12.5. The van der Waals surface area contributed by atoms with Crippen LogP contribution in [0.25, 0.3) is 41.8 Å². The molecule has 2 fully saturated rings. The van der Waals surface area contributed by atoms with Gasteiger partial charge in [-0.15, -0.1) is 44.9 Å². The van der Waals surface area contributed by atoms with Crippen LogP contribution in [0, 0.1) is 20.8 Å². The predicted molar refractivity (Wildman–Crippen MR) is 164 cm³/mol. The molecule has 1 spiro atoms. The maximum Gasteiger partial charge on any atom is 4.00 e. The van der Waals surface area contributed by atoms with Crippen molar-refractivity contribution in [2.75, 3.05) is 0 Å². The Labute approximate surface area is 265 Å². The molecule has 8 bridgehead atoms. The van der Waals surface area contributed by atoms with Crippen molar-refractivity contribution >= 4 is 48.4 Å². The van der Waals surface area contributed by atoms with Crippen LogP contribution < -0.4 is 25.7 Å². The smallest absolute Gasteiger partial charge is 0.659 e. The largest absolute Gasteiger partial charge is 4.00 e. The van der Waals surface area contributed by atoms with Gasteiger partial charge in [0.25, 0.3) is 0 Å². The molecule has 6 heterocycles. The van der Waals surface area contributed by atoms with Gasteiger partial charge in [0.1, 0.15) is 11.2 Å². The third-order valence-electron chi connectivity index (χ3n) is 9.00. The van der Waals surface area contributed by atoms with E-state index in [-0.39, 0.29) is 48.4 Å². The first kappa shape index (κ1) is 31.2. The molecule has 10 heteroatoms. The summed E-state index contributed by atoms with van der Waals surface area (Å²) in [6, 6.07) is 0. The Kier molecular flexibility index (Phi) is 7.82. The van der Waals surface area contributed by atoms with Gasteiger partial charge in [-0.25, -0.2) is 0 Å². The number of nitrogens with zero attached hydrogens (tertiary/aromatic N) is 4. The topological polar surface area (TPSA) is 140 Å². The van der Waals surface area contributed by atoms with Gasteiger partial charge >= 0.3 is 29.0 Å². The molecule has 9 nitrogen and oxygen atoms in total. The minimum atomic E-state index is -1.68. The van der Waals surface area contributed by atoms with Gasteiger partial charge in [-0.05, 0) is 45.2 Å². The van der Waals surface area contributed by atoms with Crippen LogP contribution in [0.5, 0.6) is 0 Å². The van der Waals surface area contributed by atoms with Gasteiger partial charge in [-0.2, -0.15) is 0 Å². The number of aliphatic carboxylic acids is 1. The number of aliphatic hydroxyl groups is 1. The molecule has 6 rings (SSSR count). The zero-order valence-electron chi connectivity index (χ0n) is 25.0. The van der Waals surface area contributed by atoms with E-state index < -0.39 is 23.1 Å². The van der Waals surface area contributed by atoms with E-state index in [0.717, 1.165) is 33.4 Å². The second-order valence-corrected chi connectivity index (χ2v) is 11.5. The number of aromatic nitrogens is 3. The molecule has 2 atom stereocenters. The Morgan fingerprint density at radius 1 is 0.909 bits per heavy atom. The van der Waals surface area contributed by atoms with Crippen molar-refractivity contribution in [2.24, 2.45) is 0 Å². The Morgan fingerprint density at radius 3 is 2.18 bits per heavy atom. The fraction of sp³-hybridized carbons (Fsp3) is 0.294. The third kappa shape index (κ3) is 4.65. The zero-order valence-corrected chi connectivity index (χ0v) is 26.1. The standard InChI is InChI=1S/C34H32N4O5.Fe/c1-7-20-17(3)23-13-24-19(5)22(9-10-31(39)40)28(37-24)16-30-34(12-11-32(41)43-34)33(6,42)29(38-30)15-27-21(8-2)18(4)25(36-27)14-26(20)35-23;/h7-8,13-16,42H,1-2,9-12H2,3-6H3,(H,39,40);/q-4;+4/b23-13+,26-14-,29-15-,30-16-;/t33-,34+;/m0./s1. The quantitative estimate of drug-likeness (QED) is 0.323. The number of esters is 1. The molecule has 2 saturated heterocycles. The number of hydrogen-bond donors (Lipinski definition) is 2. The number of rotatable bonds is 5. The fourth-order valence-corrected chi connectivity index (χ4v) is 6.38. The van der Waals surface area contributed by atoms with Crippen molar-refractivity contribution < 1.29 is 41.6 Å². The SMILES string of the molecule is C=Cc1c2[n-]c(c1C)/C=c1\[n-]/c(c(C)c1C=C)=C/c1[n-]c(c(CCC(=O)O)c1C)/C=C1\[N-]/C(=C\2)[C@](C)(O)[C@@]12CCC(=O)O2.[Fe+4]. The Morgan fingerprint density at radius 2 is 1.55 bits per heavy atom. The minimum Gasteiger partial charge on any atom is -0.659 e. The van der Waals surface area contributed by atoms with Crippen LogP contribution in [-0.2, 0) is 37.8 Å². The van der Waals surface area contributed by atoms with Crippen molar-refractivity contribution in [3.63, 3.8) is 0 Å². The molecule has 0 radical (unpaired) electrons. The Bertz CT molecular complexity index is 1930. The van der Waals surface area contributed by atoms with Gasteiger partial charge < -0.3 is 35.2 Å². The van der Waals surface area contributed by atoms with E-state index in [1.54, 1.807) is 31.2 Å². The molecule has 226 valence electrons. The number of fused-ring (bicyclic) bond motifs is 9. The van der Waals surface area contributed by atoms with Gasteiger partial charge in [-0.1, -0.05) is 71.9 Å². The molecular formula is C34H32FeN4O5. The van der Waals surface area contributed by atoms with Gasteiger partial charge in [-0.3, -0.25) is 9.59 Å². The van der Waals surface area contributed by atoms with Crippen LogP contribution in [0.4, 0.5) is 0 Å². The maximum atomic E-state index is 12.5. The van der Waals surface area contributed by atoms with Crippen LogP contribution in [-0.4, -0.2) is 33.4 Å². The third-order valence-corrected chi connectivity index (χ3v) is 9.00. The minimum absolute atomic E-state index is 0. The molecule has 3 aliphatic heterocycles. The predicted octanol–water partition coefficient (Wildman–Crippen LogP) is 3.35. The molecule has 3 aromatic heterocycles. The summed E-state index contributed by atoms with van der Waals surface area (Å²) in [7, 11) is 0. The summed E-state index contributed by atoms with van der Waals surface area (Å²) in [6.45, 7) is 15.4. The molecule has 2 N–H and O–H groups in total. The zero-order chi connectivity index (χ0) is 30.8. The van der Waals surface area contributed by atoms with Crippen LogP contribution in [0.3, 0.4) is 0 Å². The van der Waals surface area contributed by atoms with Crippen molar-refractivity contribution in [3.8, 4) is 0 Å². The van der Waals surface area contributed by atoms with Crippen LogP contribution in [0.2, 0.25) is 0 Å². The van der Waals surface area contributed by atoms with Crippen LogP contribution in [0.15, 0.2) is 24.6 Å². The van der Waals surface area contributed by atoms with Crippen molar-refractivity contribution in [1.29, 1.82) is 0 Å². The first-order valence-electron chi connectivity index (χ1n) is 14.2. The van der Waals surface area contributed by atoms with Gasteiger partial charge in [0.15, 0.2) is 0 Å². The molecule has 3 aliphatic rings. The van der Waals surface area contributed by atoms with E-state index >= 15 is 0 Å². The molecule has 44 heavy (non-hydrogen) atoms. The fourth-order valence-electron chi connectivity index (χ4n) is 6.38. The summed E-state index contributed by atoms with van der Waals surface area (Å²) < 4.78 is 5.89. The van der Waals surface area contributed by atoms with E-state index in [0.29, 0.717) is 39.2 Å². The van der Waals surface area contributed by atoms with Crippen molar-refractivity contribution in [3.05, 3.63) is 96.7 Å². The number of carbonyl (C=O) groups is 2. The molecule has 0 saturated carbocycles. The Balaban J connectivity index is 0.00000384. The van der Waals surface area contributed by atoms with E-state index in [4.69, 9.17) is 25.0 Å². The molecule has 0 aliphatic carbocycles. The van der Waals surface area contributed by atoms with Crippen molar-refractivity contribution in [2.45, 2.75) is 64.6 Å². The summed E-state index contributed by atoms with van der Waals surface area (Å²) in [4.78, 5) is 38.8. The van der Waals surface area contributed by atoms with E-state index in [1.165, 1.54) is 0 Å². The second-order valence-electron chi connectivity index (χ2n) is 11.5. The van der Waals surface area contributed by atoms with Gasteiger partial charge in [0.05, 0.1) is 0 Å². The first-order chi connectivity index (χ1) is 20.4. The normalized spacial score (nSPS) is 25.7. The molecule has 0 amide bonds. The molecule has 0 aromatic carbocycles. The first-order valence-corrected chi connectivity index (χ1v) is 14.2. The number of carboxylic acid groups (broad SMARTS) is 1. The second kappa shape index (κ2) is 11.0. The molecule has 3 aromatic rings.